The molecule has 20 unspecified atom stereocenters. The molecule has 370 valence electrons. The van der Waals surface area contributed by atoms with E-state index in [1.54, 1.807) is 0 Å². The Hall–Kier alpha value is -1.00. The third-order valence-corrected chi connectivity index (χ3v) is 9.23. The highest BCUT2D eigenvalue weighted by molar-refractivity contribution is 4.81. The van der Waals surface area contributed by atoms with E-state index in [1.165, 1.54) is 34.6 Å². The second-order valence-corrected chi connectivity index (χ2v) is 14.4. The molecule has 25 heteroatoms. The average molecular weight is 901 g/mol. The van der Waals surface area contributed by atoms with Crippen LogP contribution in [-0.4, -0.2) is 285 Å². The van der Waals surface area contributed by atoms with E-state index in [0.717, 1.165) is 0 Å². The fourth-order valence-corrected chi connectivity index (χ4v) is 4.05. The molecule has 0 bridgehead atoms. The highest BCUT2D eigenvalue weighted by Gasteiger charge is 2.31. The average Bonchev–Trinajstić information content (AvgIpc) is 3.28. The summed E-state index contributed by atoms with van der Waals surface area (Å²) >= 11 is 0. The molecular formula is C35H80O25. The topological polar surface area (TPSA) is 506 Å². The van der Waals surface area contributed by atoms with Crippen LogP contribution in [0, 0.1) is 29.6 Å². The van der Waals surface area contributed by atoms with Crippen LogP contribution in [0.2, 0.25) is 0 Å². The lowest BCUT2D eigenvalue weighted by molar-refractivity contribution is -0.0978. The summed E-state index contributed by atoms with van der Waals surface area (Å²) in [7, 11) is 0. The molecule has 0 aromatic carbocycles. The molecule has 0 rings (SSSR count). The molecule has 20 atom stereocenters. The zero-order chi connectivity index (χ0) is 48.6. The summed E-state index contributed by atoms with van der Waals surface area (Å²) in [6, 6.07) is 0. The molecule has 0 spiro atoms. The summed E-state index contributed by atoms with van der Waals surface area (Å²) in [5.41, 5.74) is 0. The summed E-state index contributed by atoms with van der Waals surface area (Å²) in [5.74, 6) is -2.92. The number of hydrogen-bond donors (Lipinski definition) is 25. The zero-order valence-electron chi connectivity index (χ0n) is 34.8. The predicted molar refractivity (Wildman–Crippen MR) is 207 cm³/mol. The second-order valence-electron chi connectivity index (χ2n) is 14.4. The van der Waals surface area contributed by atoms with Crippen LogP contribution >= 0.6 is 0 Å². The molecule has 0 aromatic heterocycles. The maximum Gasteiger partial charge on any atom is 0.108 e. The van der Waals surface area contributed by atoms with Crippen molar-refractivity contribution < 1.29 is 128 Å². The first kappa shape index (κ1) is 68.1. The van der Waals surface area contributed by atoms with Gasteiger partial charge in [-0.1, -0.05) is 34.6 Å². The highest BCUT2D eigenvalue weighted by atomic mass is 16.4. The van der Waals surface area contributed by atoms with E-state index in [9.17, 15) is 25.5 Å². The van der Waals surface area contributed by atoms with E-state index in [-0.39, 0.29) is 19.8 Å². The minimum atomic E-state index is -1.42. The zero-order valence-corrected chi connectivity index (χ0v) is 34.8. The number of aliphatic hydroxyl groups is 25. The molecule has 0 heterocycles. The molecular weight excluding hydrogens is 820 g/mol. The first-order valence-electron chi connectivity index (χ1n) is 19.0. The van der Waals surface area contributed by atoms with Crippen LogP contribution in [0.15, 0.2) is 0 Å². The Bertz CT molecular complexity index is 684. The van der Waals surface area contributed by atoms with Gasteiger partial charge in [0.25, 0.3) is 0 Å². The molecule has 0 aliphatic heterocycles. The van der Waals surface area contributed by atoms with Crippen molar-refractivity contribution >= 4 is 0 Å². The van der Waals surface area contributed by atoms with Gasteiger partial charge in [0.15, 0.2) is 0 Å². The smallest absolute Gasteiger partial charge is 0.108 e. The lowest BCUT2D eigenvalue weighted by Gasteiger charge is -2.25. The van der Waals surface area contributed by atoms with Crippen molar-refractivity contribution in [3.63, 3.8) is 0 Å². The third-order valence-electron chi connectivity index (χ3n) is 9.23. The molecule has 0 aromatic rings. The molecule has 0 aliphatic carbocycles. The monoisotopic (exact) mass is 900 g/mol. The molecule has 0 saturated heterocycles. The van der Waals surface area contributed by atoms with Gasteiger partial charge in [0, 0.05) is 49.4 Å². The second kappa shape index (κ2) is 39.6. The summed E-state index contributed by atoms with van der Waals surface area (Å²) in [5, 5.41) is 221. The van der Waals surface area contributed by atoms with Crippen LogP contribution in [0.3, 0.4) is 0 Å². The first-order chi connectivity index (χ1) is 27.7. The molecule has 0 radical (unpaired) electrons. The van der Waals surface area contributed by atoms with Crippen LogP contribution in [0.25, 0.3) is 0 Å². The van der Waals surface area contributed by atoms with Crippen LogP contribution in [0.4, 0.5) is 0 Å². The van der Waals surface area contributed by atoms with Gasteiger partial charge >= 0.3 is 0 Å². The number of aliphatic hydroxyl groups excluding tert-OH is 25. The Balaban J connectivity index is -0.000000210. The van der Waals surface area contributed by atoms with Crippen LogP contribution < -0.4 is 0 Å². The summed E-state index contributed by atoms with van der Waals surface area (Å²) in [4.78, 5) is 0. The fourth-order valence-electron chi connectivity index (χ4n) is 4.05. The van der Waals surface area contributed by atoms with Crippen molar-refractivity contribution in [2.24, 2.45) is 29.6 Å². The van der Waals surface area contributed by atoms with Gasteiger partial charge in [-0.3, -0.25) is 0 Å². The van der Waals surface area contributed by atoms with Gasteiger partial charge in [0.1, 0.15) is 48.8 Å². The summed E-state index contributed by atoms with van der Waals surface area (Å²) < 4.78 is 0. The van der Waals surface area contributed by atoms with Gasteiger partial charge < -0.3 is 128 Å². The van der Waals surface area contributed by atoms with E-state index >= 15 is 0 Å². The Morgan fingerprint density at radius 3 is 0.483 bits per heavy atom. The van der Waals surface area contributed by atoms with Crippen molar-refractivity contribution in [2.75, 3.05) is 66.1 Å². The van der Waals surface area contributed by atoms with E-state index in [0.29, 0.717) is 0 Å². The van der Waals surface area contributed by atoms with Crippen LogP contribution in [0.5, 0.6) is 0 Å². The van der Waals surface area contributed by atoms with Gasteiger partial charge in [-0.2, -0.15) is 0 Å². The summed E-state index contributed by atoms with van der Waals surface area (Å²) in [6.07, 6.45) is -19.2. The van der Waals surface area contributed by atoms with Crippen molar-refractivity contribution in [1.82, 2.24) is 0 Å². The Morgan fingerprint density at radius 2 is 0.350 bits per heavy atom. The molecule has 60 heavy (non-hydrogen) atoms. The van der Waals surface area contributed by atoms with Gasteiger partial charge in [-0.15, -0.1) is 0 Å². The molecule has 0 aliphatic rings. The van der Waals surface area contributed by atoms with Gasteiger partial charge in [0.05, 0.1) is 89.0 Å². The molecule has 0 amide bonds. The SMILES string of the molecule is CC(C(O)CO)C(O)C(O)CO.CC(C(O)CO)C(O)C(O)CO.CC(CO)C(O)C(O)C(O)CO.CC(CO)C(O)C(O)C(O)CO.CC(CO)C(O)C(O)C(O)CO. The lowest BCUT2D eigenvalue weighted by Crippen LogP contribution is -2.43. The molecule has 0 saturated carbocycles. The molecule has 25 N–H and O–H groups in total. The molecule has 25 nitrogen and oxygen atoms in total. The van der Waals surface area contributed by atoms with E-state index in [1.807, 2.05) is 0 Å². The van der Waals surface area contributed by atoms with Gasteiger partial charge in [-0.05, 0) is 0 Å². The van der Waals surface area contributed by atoms with E-state index in [4.69, 9.17) is 102 Å². The maximum atomic E-state index is 9.21. The Morgan fingerprint density at radius 1 is 0.200 bits per heavy atom. The van der Waals surface area contributed by atoms with Crippen LogP contribution in [-0.2, 0) is 0 Å². The van der Waals surface area contributed by atoms with Crippen LogP contribution in [0.1, 0.15) is 34.6 Å². The predicted octanol–water partition coefficient (Wildman–Crippen LogP) is -11.6. The van der Waals surface area contributed by atoms with Crippen molar-refractivity contribution in [3.8, 4) is 0 Å². The minimum Gasteiger partial charge on any atom is -0.396 e. The first-order valence-corrected chi connectivity index (χ1v) is 19.0. The summed E-state index contributed by atoms with van der Waals surface area (Å²) in [6.45, 7) is 2.76. The van der Waals surface area contributed by atoms with Crippen molar-refractivity contribution in [1.29, 1.82) is 0 Å². The number of rotatable bonds is 25. The lowest BCUT2D eigenvalue weighted by atomic mass is 9.95. The minimum absolute atomic E-state index is 0.281. The van der Waals surface area contributed by atoms with Gasteiger partial charge in [-0.25, -0.2) is 0 Å². The van der Waals surface area contributed by atoms with Crippen molar-refractivity contribution in [2.45, 2.75) is 126 Å². The largest absolute Gasteiger partial charge is 0.396 e. The third kappa shape index (κ3) is 28.6. The highest BCUT2D eigenvalue weighted by Crippen LogP contribution is 2.14. The van der Waals surface area contributed by atoms with E-state index in [2.05, 4.69) is 0 Å². The normalized spacial score (nSPS) is 21.5. The fraction of sp³-hybridized carbons (Fsp3) is 1.00. The quantitative estimate of drug-likeness (QED) is 0.0404. The standard InChI is InChI=1S/5C7H16O5/c2*1-4(5(10)2-8)7(12)6(11)3-9;3*1-4(2-8)6(11)7(12)5(10)3-9/h5*4-12H,2-3H2,1H3. The Kier molecular flexibility index (Phi) is 44.9. The van der Waals surface area contributed by atoms with E-state index < -0.39 is 167 Å². The maximum absolute atomic E-state index is 9.21. The Labute approximate surface area is 349 Å². The molecule has 0 fully saturated rings. The number of hydrogen-bond acceptors (Lipinski definition) is 25. The van der Waals surface area contributed by atoms with Crippen molar-refractivity contribution in [3.05, 3.63) is 0 Å². The van der Waals surface area contributed by atoms with Gasteiger partial charge in [0.2, 0.25) is 0 Å².